The third-order valence-electron chi connectivity index (χ3n) is 1.69. The summed E-state index contributed by atoms with van der Waals surface area (Å²) in [6, 6.07) is 3.48. The van der Waals surface area contributed by atoms with E-state index in [1.165, 1.54) is 6.07 Å². The number of hydrogen-bond donors (Lipinski definition) is 2. The second kappa shape index (κ2) is 4.94. The van der Waals surface area contributed by atoms with Crippen molar-refractivity contribution in [1.82, 2.24) is 0 Å². The van der Waals surface area contributed by atoms with Gasteiger partial charge in [-0.3, -0.25) is 4.79 Å². The molecule has 1 aromatic carbocycles. The molecular weight excluding hydrogens is 213 g/mol. The van der Waals surface area contributed by atoms with Crippen molar-refractivity contribution in [3.05, 3.63) is 35.1 Å². The van der Waals surface area contributed by atoms with Gasteiger partial charge in [-0.15, -0.1) is 0 Å². The number of aromatic carboxylic acids is 1. The maximum absolute atomic E-state index is 13.1. The van der Waals surface area contributed by atoms with Gasteiger partial charge in [0.2, 0.25) is 5.91 Å². The number of amides is 1. The summed E-state index contributed by atoms with van der Waals surface area (Å²) >= 11 is 0. The molecule has 0 aliphatic rings. The number of carbonyl (C=O) groups excluding carboxylic acids is 1. The zero-order valence-corrected chi connectivity index (χ0v) is 8.16. The summed E-state index contributed by atoms with van der Waals surface area (Å²) in [7, 11) is 0. The fourth-order valence-corrected chi connectivity index (χ4v) is 1.000. The van der Waals surface area contributed by atoms with Gasteiger partial charge in [-0.25, -0.2) is 9.18 Å². The molecule has 0 aliphatic carbocycles. The lowest BCUT2D eigenvalue weighted by Crippen LogP contribution is -2.08. The molecule has 1 rings (SSSR count). The summed E-state index contributed by atoms with van der Waals surface area (Å²) in [5.74, 6) is 2.16. The van der Waals surface area contributed by atoms with Crippen LogP contribution in [0.15, 0.2) is 18.2 Å². The smallest absolute Gasteiger partial charge is 0.338 e. The van der Waals surface area contributed by atoms with Crippen LogP contribution >= 0.6 is 0 Å². The highest BCUT2D eigenvalue weighted by Gasteiger charge is 2.09. The Labute approximate surface area is 90.9 Å². The van der Waals surface area contributed by atoms with E-state index in [0.717, 1.165) is 12.1 Å². The number of primary amides is 1. The molecule has 0 aromatic heterocycles. The van der Waals surface area contributed by atoms with Crippen molar-refractivity contribution in [2.75, 3.05) is 0 Å². The van der Waals surface area contributed by atoms with Gasteiger partial charge >= 0.3 is 5.97 Å². The minimum absolute atomic E-state index is 0.123. The Morgan fingerprint density at radius 3 is 2.62 bits per heavy atom. The predicted molar refractivity (Wildman–Crippen MR) is 54.0 cm³/mol. The SMILES string of the molecule is NC(=O)CC#Cc1ccc(C(=O)O)c(F)c1. The van der Waals surface area contributed by atoms with E-state index in [4.69, 9.17) is 10.8 Å². The first-order valence-electron chi connectivity index (χ1n) is 4.30. The molecule has 0 atom stereocenters. The molecule has 82 valence electrons. The lowest BCUT2D eigenvalue weighted by Gasteiger charge is -1.96. The Hall–Kier alpha value is -2.35. The molecule has 0 radical (unpaired) electrons. The highest BCUT2D eigenvalue weighted by atomic mass is 19.1. The molecule has 1 amide bonds. The maximum atomic E-state index is 13.1. The van der Waals surface area contributed by atoms with Gasteiger partial charge in [0.1, 0.15) is 5.82 Å². The number of carboxylic acids is 1. The van der Waals surface area contributed by atoms with E-state index < -0.39 is 23.3 Å². The molecule has 4 nitrogen and oxygen atoms in total. The number of benzene rings is 1. The molecule has 0 aliphatic heterocycles. The van der Waals surface area contributed by atoms with E-state index in [9.17, 15) is 14.0 Å². The molecule has 0 fully saturated rings. The molecule has 0 heterocycles. The first-order chi connectivity index (χ1) is 7.50. The van der Waals surface area contributed by atoms with Crippen molar-refractivity contribution in [2.45, 2.75) is 6.42 Å². The number of hydrogen-bond acceptors (Lipinski definition) is 2. The number of rotatable bonds is 2. The third kappa shape index (κ3) is 3.10. The van der Waals surface area contributed by atoms with E-state index in [-0.39, 0.29) is 6.42 Å². The van der Waals surface area contributed by atoms with Crippen molar-refractivity contribution in [1.29, 1.82) is 0 Å². The Bertz CT molecular complexity index is 500. The van der Waals surface area contributed by atoms with Crippen molar-refractivity contribution in [3.63, 3.8) is 0 Å². The number of nitrogens with two attached hydrogens (primary N) is 1. The molecule has 0 unspecified atom stereocenters. The van der Waals surface area contributed by atoms with Crippen LogP contribution in [0.5, 0.6) is 0 Å². The Kier molecular flexibility index (Phi) is 3.62. The van der Waals surface area contributed by atoms with Gasteiger partial charge in [0.15, 0.2) is 0 Å². The van der Waals surface area contributed by atoms with Crippen LogP contribution < -0.4 is 5.73 Å². The zero-order valence-electron chi connectivity index (χ0n) is 8.16. The lowest BCUT2D eigenvalue weighted by atomic mass is 10.1. The van der Waals surface area contributed by atoms with E-state index in [0.29, 0.717) is 5.56 Å². The first kappa shape index (κ1) is 11.7. The van der Waals surface area contributed by atoms with Crippen LogP contribution in [0, 0.1) is 17.7 Å². The quantitative estimate of drug-likeness (QED) is 0.723. The van der Waals surface area contributed by atoms with Gasteiger partial charge < -0.3 is 10.8 Å². The first-order valence-corrected chi connectivity index (χ1v) is 4.30. The van der Waals surface area contributed by atoms with Crippen LogP contribution in [0.1, 0.15) is 22.3 Å². The summed E-state index contributed by atoms with van der Waals surface area (Å²) < 4.78 is 13.1. The van der Waals surface area contributed by atoms with Crippen LogP contribution in [0.3, 0.4) is 0 Å². The van der Waals surface area contributed by atoms with Gasteiger partial charge in [-0.05, 0) is 18.2 Å². The normalized spacial score (nSPS) is 9.06. The second-order valence-corrected chi connectivity index (χ2v) is 2.94. The van der Waals surface area contributed by atoms with Gasteiger partial charge in [-0.2, -0.15) is 0 Å². The molecular formula is C11H8FNO3. The molecule has 5 heteroatoms. The van der Waals surface area contributed by atoms with Crippen LogP contribution in [0.4, 0.5) is 4.39 Å². The van der Waals surface area contributed by atoms with Crippen molar-refractivity contribution < 1.29 is 19.1 Å². The highest BCUT2D eigenvalue weighted by Crippen LogP contribution is 2.09. The lowest BCUT2D eigenvalue weighted by molar-refractivity contribution is -0.117. The molecule has 0 bridgehead atoms. The third-order valence-corrected chi connectivity index (χ3v) is 1.69. The van der Waals surface area contributed by atoms with Gasteiger partial charge in [0.25, 0.3) is 0 Å². The van der Waals surface area contributed by atoms with E-state index in [2.05, 4.69) is 11.8 Å². The summed E-state index contributed by atoms with van der Waals surface area (Å²) in [5.41, 5.74) is 4.74. The number of halogens is 1. The minimum atomic E-state index is -1.34. The van der Waals surface area contributed by atoms with Crippen molar-refractivity contribution in [3.8, 4) is 11.8 Å². The minimum Gasteiger partial charge on any atom is -0.478 e. The molecule has 0 spiro atoms. The summed E-state index contributed by atoms with van der Waals surface area (Å²) in [6.07, 6.45) is -0.123. The fourth-order valence-electron chi connectivity index (χ4n) is 1.000. The van der Waals surface area contributed by atoms with Crippen LogP contribution in [0.2, 0.25) is 0 Å². The van der Waals surface area contributed by atoms with Gasteiger partial charge in [0, 0.05) is 5.56 Å². The zero-order chi connectivity index (χ0) is 12.1. The summed E-state index contributed by atoms with van der Waals surface area (Å²) in [6.45, 7) is 0. The standard InChI is InChI=1S/C11H8FNO3/c12-9-6-7(2-1-3-10(13)14)4-5-8(9)11(15)16/h4-6H,3H2,(H2,13,14)(H,15,16). The van der Waals surface area contributed by atoms with E-state index in [1.54, 1.807) is 0 Å². The van der Waals surface area contributed by atoms with Gasteiger partial charge in [0.05, 0.1) is 12.0 Å². The molecule has 3 N–H and O–H groups in total. The Morgan fingerprint density at radius 1 is 1.44 bits per heavy atom. The van der Waals surface area contributed by atoms with Crippen LogP contribution in [0.25, 0.3) is 0 Å². The number of carboxylic acid groups (broad SMARTS) is 1. The topological polar surface area (TPSA) is 80.4 Å². The molecule has 0 saturated heterocycles. The highest BCUT2D eigenvalue weighted by molar-refractivity contribution is 5.88. The van der Waals surface area contributed by atoms with Gasteiger partial charge in [-0.1, -0.05) is 11.8 Å². The predicted octanol–water partition coefficient (Wildman–Crippen LogP) is 0.751. The summed E-state index contributed by atoms with van der Waals surface area (Å²) in [4.78, 5) is 20.9. The van der Waals surface area contributed by atoms with Crippen molar-refractivity contribution >= 4 is 11.9 Å². The van der Waals surface area contributed by atoms with E-state index in [1.807, 2.05) is 0 Å². The van der Waals surface area contributed by atoms with Crippen molar-refractivity contribution in [2.24, 2.45) is 5.73 Å². The van der Waals surface area contributed by atoms with Crippen LogP contribution in [-0.4, -0.2) is 17.0 Å². The summed E-state index contributed by atoms with van der Waals surface area (Å²) in [5, 5.41) is 8.57. The molecule has 16 heavy (non-hydrogen) atoms. The molecule has 0 saturated carbocycles. The largest absolute Gasteiger partial charge is 0.478 e. The van der Waals surface area contributed by atoms with Crippen LogP contribution in [-0.2, 0) is 4.79 Å². The second-order valence-electron chi connectivity index (χ2n) is 2.94. The molecule has 1 aromatic rings. The average molecular weight is 221 g/mol. The fraction of sp³-hybridized carbons (Fsp3) is 0.0909. The monoisotopic (exact) mass is 221 g/mol. The Balaban J connectivity index is 2.92. The number of carbonyl (C=O) groups is 2. The average Bonchev–Trinajstić information content (AvgIpc) is 2.16. The Morgan fingerprint density at radius 2 is 2.12 bits per heavy atom. The van der Waals surface area contributed by atoms with E-state index >= 15 is 0 Å². The maximum Gasteiger partial charge on any atom is 0.338 e.